The van der Waals surface area contributed by atoms with Gasteiger partial charge in [0.15, 0.2) is 0 Å². The molecule has 0 radical (unpaired) electrons. The Morgan fingerprint density at radius 1 is 1.00 bits per heavy atom. The number of benzene rings is 2. The second-order valence-corrected chi connectivity index (χ2v) is 6.60. The second kappa shape index (κ2) is 8.08. The van der Waals surface area contributed by atoms with Crippen LogP contribution in [0.3, 0.4) is 0 Å². The number of hydrogen-bond donors (Lipinski definition) is 2. The Hall–Kier alpha value is -2.76. The van der Waals surface area contributed by atoms with E-state index in [0.29, 0.717) is 5.69 Å². The first-order valence-corrected chi connectivity index (χ1v) is 8.33. The van der Waals surface area contributed by atoms with Crippen LogP contribution >= 0.6 is 0 Å². The lowest BCUT2D eigenvalue weighted by Gasteiger charge is -2.22. The minimum Gasteiger partial charge on any atom is -0.340 e. The van der Waals surface area contributed by atoms with E-state index in [0.717, 1.165) is 23.3 Å². The van der Waals surface area contributed by atoms with Gasteiger partial charge in [-0.3, -0.25) is 9.59 Å². The fourth-order valence-electron chi connectivity index (χ4n) is 2.54. The van der Waals surface area contributed by atoms with Crippen LogP contribution in [0.4, 0.5) is 14.5 Å². The zero-order chi connectivity index (χ0) is 19.4. The summed E-state index contributed by atoms with van der Waals surface area (Å²) in [4.78, 5) is 24.9. The number of carbonyl (C=O) groups is 2. The lowest BCUT2D eigenvalue weighted by Crippen LogP contribution is -2.47. The summed E-state index contributed by atoms with van der Waals surface area (Å²) in [6, 6.07) is 7.85. The highest BCUT2D eigenvalue weighted by Gasteiger charge is 2.27. The lowest BCUT2D eigenvalue weighted by atomic mass is 10.0. The Balaban J connectivity index is 2.22. The van der Waals surface area contributed by atoms with E-state index in [1.54, 1.807) is 13.8 Å². The van der Waals surface area contributed by atoms with Crippen LogP contribution in [0.1, 0.15) is 35.3 Å². The van der Waals surface area contributed by atoms with Crippen molar-refractivity contribution in [2.75, 3.05) is 5.32 Å². The number of aryl methyl sites for hydroxylation is 2. The Morgan fingerprint density at radius 3 is 2.19 bits per heavy atom. The number of carbonyl (C=O) groups excluding carboxylic acids is 2. The summed E-state index contributed by atoms with van der Waals surface area (Å²) >= 11 is 0. The molecule has 0 bridgehead atoms. The zero-order valence-electron chi connectivity index (χ0n) is 15.2. The second-order valence-electron chi connectivity index (χ2n) is 6.60. The van der Waals surface area contributed by atoms with E-state index in [9.17, 15) is 18.4 Å². The number of hydrogen-bond acceptors (Lipinski definition) is 2. The molecule has 0 aliphatic carbocycles. The monoisotopic (exact) mass is 360 g/mol. The molecule has 0 aromatic heterocycles. The van der Waals surface area contributed by atoms with E-state index in [1.165, 1.54) is 6.07 Å². The summed E-state index contributed by atoms with van der Waals surface area (Å²) in [5.74, 6) is -3.63. The normalized spacial score (nSPS) is 12.0. The van der Waals surface area contributed by atoms with Crippen molar-refractivity contribution in [3.8, 4) is 0 Å². The van der Waals surface area contributed by atoms with E-state index in [4.69, 9.17) is 0 Å². The molecular formula is C20H22F2N2O2. The molecule has 0 spiro atoms. The molecule has 0 aliphatic heterocycles. The predicted octanol–water partition coefficient (Wildman–Crippen LogP) is 3.97. The average molecular weight is 360 g/mol. The molecule has 2 aromatic rings. The van der Waals surface area contributed by atoms with Crippen LogP contribution in [0.5, 0.6) is 0 Å². The minimum absolute atomic E-state index is 0.279. The van der Waals surface area contributed by atoms with Crippen LogP contribution in [-0.4, -0.2) is 17.9 Å². The van der Waals surface area contributed by atoms with Gasteiger partial charge >= 0.3 is 0 Å². The van der Waals surface area contributed by atoms with Crippen LogP contribution < -0.4 is 10.6 Å². The molecule has 4 nitrogen and oxygen atoms in total. The van der Waals surface area contributed by atoms with Crippen molar-refractivity contribution in [2.45, 2.75) is 33.7 Å². The third-order valence-electron chi connectivity index (χ3n) is 4.08. The fraction of sp³-hybridized carbons (Fsp3) is 0.300. The molecule has 0 unspecified atom stereocenters. The van der Waals surface area contributed by atoms with Crippen LogP contribution in [0.15, 0.2) is 36.4 Å². The first-order valence-electron chi connectivity index (χ1n) is 8.33. The number of nitrogens with one attached hydrogen (secondary N) is 2. The lowest BCUT2D eigenvalue weighted by molar-refractivity contribution is -0.118. The molecule has 26 heavy (non-hydrogen) atoms. The zero-order valence-corrected chi connectivity index (χ0v) is 15.2. The smallest absolute Gasteiger partial charge is 0.257 e. The molecule has 138 valence electrons. The summed E-state index contributed by atoms with van der Waals surface area (Å²) in [6.07, 6.45) is 0. The molecule has 0 fully saturated rings. The number of amides is 2. The van der Waals surface area contributed by atoms with Gasteiger partial charge in [-0.05, 0) is 49.1 Å². The van der Waals surface area contributed by atoms with Gasteiger partial charge in [-0.2, -0.15) is 0 Å². The van der Waals surface area contributed by atoms with Gasteiger partial charge in [-0.15, -0.1) is 0 Å². The van der Waals surface area contributed by atoms with Crippen LogP contribution in [0.25, 0.3) is 0 Å². The van der Waals surface area contributed by atoms with Gasteiger partial charge < -0.3 is 10.6 Å². The Bertz CT molecular complexity index is 814. The van der Waals surface area contributed by atoms with Crippen molar-refractivity contribution in [3.05, 3.63) is 64.7 Å². The highest BCUT2D eigenvalue weighted by Crippen LogP contribution is 2.18. The quantitative estimate of drug-likeness (QED) is 0.847. The van der Waals surface area contributed by atoms with E-state index < -0.39 is 35.1 Å². The first-order chi connectivity index (χ1) is 12.2. The van der Waals surface area contributed by atoms with Crippen LogP contribution in [-0.2, 0) is 4.79 Å². The third-order valence-corrected chi connectivity index (χ3v) is 4.08. The van der Waals surface area contributed by atoms with E-state index >= 15 is 0 Å². The van der Waals surface area contributed by atoms with Crippen LogP contribution in [0, 0.1) is 31.4 Å². The van der Waals surface area contributed by atoms with Gasteiger partial charge in [0.25, 0.3) is 5.91 Å². The predicted molar refractivity (Wildman–Crippen MR) is 97.0 cm³/mol. The molecule has 6 heteroatoms. The van der Waals surface area contributed by atoms with E-state index in [1.807, 2.05) is 32.0 Å². The Morgan fingerprint density at radius 2 is 1.62 bits per heavy atom. The van der Waals surface area contributed by atoms with Gasteiger partial charge in [-0.25, -0.2) is 8.78 Å². The average Bonchev–Trinajstić information content (AvgIpc) is 2.55. The fourth-order valence-corrected chi connectivity index (χ4v) is 2.54. The highest BCUT2D eigenvalue weighted by atomic mass is 19.1. The largest absolute Gasteiger partial charge is 0.340 e. The number of halogens is 2. The van der Waals surface area contributed by atoms with Crippen molar-refractivity contribution in [2.24, 2.45) is 5.92 Å². The highest BCUT2D eigenvalue weighted by molar-refractivity contribution is 6.01. The number of rotatable bonds is 5. The summed E-state index contributed by atoms with van der Waals surface area (Å²) in [5, 5.41) is 5.21. The SMILES string of the molecule is Cc1ccc(C)c(NC(=O)[C@@H](NC(=O)c2c(F)cccc2F)C(C)C)c1. The molecule has 0 heterocycles. The van der Waals surface area contributed by atoms with Crippen molar-refractivity contribution < 1.29 is 18.4 Å². The molecule has 0 saturated carbocycles. The molecule has 2 N–H and O–H groups in total. The maximum Gasteiger partial charge on any atom is 0.257 e. The maximum absolute atomic E-state index is 13.8. The van der Waals surface area contributed by atoms with Crippen molar-refractivity contribution in [1.82, 2.24) is 5.32 Å². The van der Waals surface area contributed by atoms with Gasteiger partial charge in [0, 0.05) is 5.69 Å². The minimum atomic E-state index is -0.972. The first kappa shape index (κ1) is 19.6. The molecule has 2 aromatic carbocycles. The molecule has 2 rings (SSSR count). The topological polar surface area (TPSA) is 58.2 Å². The Labute approximate surface area is 151 Å². The van der Waals surface area contributed by atoms with Gasteiger partial charge in [0.2, 0.25) is 5.91 Å². The summed E-state index contributed by atoms with van der Waals surface area (Å²) < 4.78 is 27.6. The van der Waals surface area contributed by atoms with Crippen LogP contribution in [0.2, 0.25) is 0 Å². The van der Waals surface area contributed by atoms with Crippen molar-refractivity contribution >= 4 is 17.5 Å². The third kappa shape index (κ3) is 4.45. The van der Waals surface area contributed by atoms with E-state index in [2.05, 4.69) is 10.6 Å². The van der Waals surface area contributed by atoms with Gasteiger partial charge in [-0.1, -0.05) is 32.0 Å². The molecule has 0 saturated heterocycles. The summed E-state index contributed by atoms with van der Waals surface area (Å²) in [5.41, 5.74) is 1.78. The van der Waals surface area contributed by atoms with Crippen molar-refractivity contribution in [3.63, 3.8) is 0 Å². The Kier molecular flexibility index (Phi) is 6.08. The number of anilines is 1. The van der Waals surface area contributed by atoms with Crippen molar-refractivity contribution in [1.29, 1.82) is 0 Å². The molecule has 1 atom stereocenters. The van der Waals surface area contributed by atoms with E-state index in [-0.39, 0.29) is 5.92 Å². The molecule has 0 aliphatic rings. The molecule has 2 amide bonds. The molecular weight excluding hydrogens is 338 g/mol. The van der Waals surface area contributed by atoms with Gasteiger partial charge in [0.05, 0.1) is 0 Å². The summed E-state index contributed by atoms with van der Waals surface area (Å²) in [7, 11) is 0. The maximum atomic E-state index is 13.8. The standard InChI is InChI=1S/C20H22F2N2O2/c1-11(2)18(20(26)23-16-10-12(3)8-9-13(16)4)24-19(25)17-14(21)6-5-7-15(17)22/h5-11,18H,1-4H3,(H,23,26)(H,24,25)/t18-/m0/s1. The van der Waals surface area contributed by atoms with Gasteiger partial charge in [0.1, 0.15) is 23.2 Å². The summed E-state index contributed by atoms with van der Waals surface area (Å²) in [6.45, 7) is 7.24.